The molecular weight excluding hydrogens is 250 g/mol. The van der Waals surface area contributed by atoms with Crippen LogP contribution in [0.25, 0.3) is 5.52 Å². The van der Waals surface area contributed by atoms with E-state index in [0.29, 0.717) is 6.04 Å². The molecule has 5 heteroatoms. The number of fused-ring (bicyclic) bond motifs is 1. The first kappa shape index (κ1) is 13.4. The molecule has 0 saturated carbocycles. The molecule has 5 nitrogen and oxygen atoms in total. The van der Waals surface area contributed by atoms with Crippen molar-refractivity contribution in [1.82, 2.24) is 19.9 Å². The van der Waals surface area contributed by atoms with E-state index in [0.717, 1.165) is 43.0 Å². The molecule has 3 heterocycles. The van der Waals surface area contributed by atoms with Crippen molar-refractivity contribution in [2.24, 2.45) is 0 Å². The van der Waals surface area contributed by atoms with Crippen LogP contribution in [0.5, 0.6) is 0 Å². The Kier molecular flexibility index (Phi) is 3.38. The first-order valence-corrected chi connectivity index (χ1v) is 7.36. The van der Waals surface area contributed by atoms with Gasteiger partial charge in [0.2, 0.25) is 0 Å². The fraction of sp³-hybridized carbons (Fsp3) is 0.600. The van der Waals surface area contributed by atoms with Crippen molar-refractivity contribution >= 4 is 11.3 Å². The van der Waals surface area contributed by atoms with E-state index in [1.54, 1.807) is 0 Å². The van der Waals surface area contributed by atoms with Crippen LogP contribution in [-0.4, -0.2) is 33.7 Å². The van der Waals surface area contributed by atoms with Crippen molar-refractivity contribution < 1.29 is 0 Å². The van der Waals surface area contributed by atoms with E-state index >= 15 is 0 Å². The Hall–Kier alpha value is -1.62. The molecule has 2 aromatic heterocycles. The molecule has 2 N–H and O–H groups in total. The number of rotatable bonds is 2. The molecule has 0 atom stereocenters. The molecule has 0 aliphatic carbocycles. The lowest BCUT2D eigenvalue weighted by molar-refractivity contribution is 0.478. The maximum atomic E-state index is 4.66. The fourth-order valence-corrected chi connectivity index (χ4v) is 2.56. The van der Waals surface area contributed by atoms with E-state index < -0.39 is 0 Å². The van der Waals surface area contributed by atoms with Gasteiger partial charge in [0, 0.05) is 23.9 Å². The smallest absolute Gasteiger partial charge is 0.152 e. The van der Waals surface area contributed by atoms with E-state index in [-0.39, 0.29) is 5.41 Å². The summed E-state index contributed by atoms with van der Waals surface area (Å²) in [6.45, 7) is 8.70. The minimum absolute atomic E-state index is 0.0536. The van der Waals surface area contributed by atoms with Crippen molar-refractivity contribution in [3.8, 4) is 0 Å². The van der Waals surface area contributed by atoms with Crippen LogP contribution >= 0.6 is 0 Å². The summed E-state index contributed by atoms with van der Waals surface area (Å²) in [7, 11) is 0. The Morgan fingerprint density at radius 3 is 2.75 bits per heavy atom. The molecule has 108 valence electrons. The van der Waals surface area contributed by atoms with Crippen LogP contribution in [0.2, 0.25) is 0 Å². The molecule has 3 rings (SSSR count). The van der Waals surface area contributed by atoms with E-state index in [9.17, 15) is 0 Å². The Balaban J connectivity index is 1.92. The van der Waals surface area contributed by atoms with Crippen molar-refractivity contribution in [3.05, 3.63) is 24.2 Å². The molecule has 0 aromatic carbocycles. The Morgan fingerprint density at radius 2 is 2.05 bits per heavy atom. The molecule has 1 fully saturated rings. The second kappa shape index (κ2) is 5.05. The third kappa shape index (κ3) is 2.63. The molecule has 1 saturated heterocycles. The zero-order valence-corrected chi connectivity index (χ0v) is 12.5. The van der Waals surface area contributed by atoms with Crippen molar-refractivity contribution in [2.75, 3.05) is 18.4 Å². The minimum atomic E-state index is 0.0536. The SMILES string of the molecule is CC(C)(C)c1cc2c(NC3CCNCC3)nccn2n1. The number of anilines is 1. The molecule has 0 unspecified atom stereocenters. The predicted octanol–water partition coefficient (Wildman–Crippen LogP) is 2.19. The summed E-state index contributed by atoms with van der Waals surface area (Å²) < 4.78 is 1.93. The standard InChI is InChI=1S/C15H23N5/c1-15(2,3)13-10-12-14(17-8-9-20(12)19-13)18-11-4-6-16-7-5-11/h8-11,16H,4-7H2,1-3H3,(H,17,18). The summed E-state index contributed by atoms with van der Waals surface area (Å²) in [5.41, 5.74) is 2.22. The monoisotopic (exact) mass is 273 g/mol. The van der Waals surface area contributed by atoms with Gasteiger partial charge in [0.05, 0.1) is 5.69 Å². The lowest BCUT2D eigenvalue weighted by Crippen LogP contribution is -2.35. The molecule has 1 aliphatic heterocycles. The van der Waals surface area contributed by atoms with Gasteiger partial charge in [0.25, 0.3) is 0 Å². The van der Waals surface area contributed by atoms with Gasteiger partial charge in [-0.25, -0.2) is 9.50 Å². The molecule has 2 aromatic rings. The topological polar surface area (TPSA) is 54.2 Å². The largest absolute Gasteiger partial charge is 0.365 e. The second-order valence-corrected chi connectivity index (χ2v) is 6.55. The second-order valence-electron chi connectivity index (χ2n) is 6.55. The molecule has 0 amide bonds. The molecule has 1 aliphatic rings. The Labute approximate surface area is 119 Å². The van der Waals surface area contributed by atoms with Gasteiger partial charge in [-0.1, -0.05) is 20.8 Å². The normalized spacial score (nSPS) is 17.6. The molecule has 0 radical (unpaired) electrons. The minimum Gasteiger partial charge on any atom is -0.365 e. The first-order chi connectivity index (χ1) is 9.54. The highest BCUT2D eigenvalue weighted by molar-refractivity contribution is 5.68. The van der Waals surface area contributed by atoms with Crippen LogP contribution in [-0.2, 0) is 5.41 Å². The van der Waals surface area contributed by atoms with Gasteiger partial charge in [0.15, 0.2) is 5.82 Å². The maximum absolute atomic E-state index is 4.66. The van der Waals surface area contributed by atoms with Crippen LogP contribution in [0, 0.1) is 0 Å². The van der Waals surface area contributed by atoms with Crippen molar-refractivity contribution in [1.29, 1.82) is 0 Å². The van der Waals surface area contributed by atoms with Crippen LogP contribution in [0.3, 0.4) is 0 Å². The summed E-state index contributed by atoms with van der Waals surface area (Å²) in [4.78, 5) is 4.50. The number of aromatic nitrogens is 3. The van der Waals surface area contributed by atoms with E-state index in [1.807, 2.05) is 16.9 Å². The van der Waals surface area contributed by atoms with Crippen molar-refractivity contribution in [3.63, 3.8) is 0 Å². The van der Waals surface area contributed by atoms with Gasteiger partial charge in [-0.15, -0.1) is 0 Å². The average molecular weight is 273 g/mol. The highest BCUT2D eigenvalue weighted by Gasteiger charge is 2.20. The predicted molar refractivity (Wildman–Crippen MR) is 81.2 cm³/mol. The van der Waals surface area contributed by atoms with Gasteiger partial charge >= 0.3 is 0 Å². The quantitative estimate of drug-likeness (QED) is 0.880. The number of nitrogens with zero attached hydrogens (tertiary/aromatic N) is 3. The number of piperidine rings is 1. The highest BCUT2D eigenvalue weighted by Crippen LogP contribution is 2.25. The van der Waals surface area contributed by atoms with Crippen LogP contribution < -0.4 is 10.6 Å². The molecule has 0 bridgehead atoms. The lowest BCUT2D eigenvalue weighted by atomic mass is 9.92. The summed E-state index contributed by atoms with van der Waals surface area (Å²) in [5, 5.41) is 11.6. The lowest BCUT2D eigenvalue weighted by Gasteiger charge is -2.24. The van der Waals surface area contributed by atoms with E-state index in [4.69, 9.17) is 0 Å². The first-order valence-electron chi connectivity index (χ1n) is 7.36. The zero-order chi connectivity index (χ0) is 14.2. The molecule has 20 heavy (non-hydrogen) atoms. The van der Waals surface area contributed by atoms with Gasteiger partial charge in [-0.3, -0.25) is 0 Å². The number of hydrogen-bond donors (Lipinski definition) is 2. The maximum Gasteiger partial charge on any atom is 0.152 e. The van der Waals surface area contributed by atoms with Crippen LogP contribution in [0.15, 0.2) is 18.5 Å². The number of nitrogens with one attached hydrogen (secondary N) is 2. The third-order valence-electron chi connectivity index (χ3n) is 3.84. The van der Waals surface area contributed by atoms with E-state index in [2.05, 4.69) is 47.6 Å². The van der Waals surface area contributed by atoms with Crippen LogP contribution in [0.1, 0.15) is 39.3 Å². The summed E-state index contributed by atoms with van der Waals surface area (Å²) >= 11 is 0. The molecule has 0 spiro atoms. The number of hydrogen-bond acceptors (Lipinski definition) is 4. The fourth-order valence-electron chi connectivity index (χ4n) is 2.56. The van der Waals surface area contributed by atoms with Crippen LogP contribution in [0.4, 0.5) is 5.82 Å². The van der Waals surface area contributed by atoms with Crippen molar-refractivity contribution in [2.45, 2.75) is 45.1 Å². The summed E-state index contributed by atoms with van der Waals surface area (Å²) in [5.74, 6) is 0.947. The Morgan fingerprint density at radius 1 is 1.30 bits per heavy atom. The van der Waals surface area contributed by atoms with Gasteiger partial charge in [0.1, 0.15) is 5.52 Å². The summed E-state index contributed by atoms with van der Waals surface area (Å²) in [6, 6.07) is 2.65. The molecular formula is C15H23N5. The van der Waals surface area contributed by atoms with Gasteiger partial charge < -0.3 is 10.6 Å². The summed E-state index contributed by atoms with van der Waals surface area (Å²) in [6.07, 6.45) is 6.01. The zero-order valence-electron chi connectivity index (χ0n) is 12.5. The highest BCUT2D eigenvalue weighted by atomic mass is 15.2. The van der Waals surface area contributed by atoms with Gasteiger partial charge in [-0.2, -0.15) is 5.10 Å². The third-order valence-corrected chi connectivity index (χ3v) is 3.84. The van der Waals surface area contributed by atoms with Gasteiger partial charge in [-0.05, 0) is 32.0 Å². The van der Waals surface area contributed by atoms with E-state index in [1.165, 1.54) is 0 Å². The Bertz CT molecular complexity index is 590. The average Bonchev–Trinajstić information content (AvgIpc) is 2.85.